The van der Waals surface area contributed by atoms with E-state index in [2.05, 4.69) is 15.0 Å². The molecule has 7 heteroatoms. The molecular weight excluding hydrogens is 253 g/mol. The SMILES string of the molecule is Cc1nc(C)c(C(C)NCCOC(F)(F)F)s1. The van der Waals surface area contributed by atoms with Gasteiger partial charge in [0, 0.05) is 17.5 Å². The van der Waals surface area contributed by atoms with Crippen molar-refractivity contribution in [2.75, 3.05) is 13.2 Å². The van der Waals surface area contributed by atoms with Crippen molar-refractivity contribution in [3.05, 3.63) is 15.6 Å². The molecule has 0 aromatic carbocycles. The standard InChI is InChI=1S/C10H15F3N2OS/c1-6(9-7(2)15-8(3)17-9)14-4-5-16-10(11,12)13/h6,14H,4-5H2,1-3H3. The number of rotatable bonds is 5. The summed E-state index contributed by atoms with van der Waals surface area (Å²) in [5, 5.41) is 3.93. The third-order valence-electron chi connectivity index (χ3n) is 2.15. The Balaban J connectivity index is 2.35. The fraction of sp³-hybridized carbons (Fsp3) is 0.700. The van der Waals surface area contributed by atoms with Crippen LogP contribution in [0.4, 0.5) is 13.2 Å². The molecule has 0 aliphatic heterocycles. The minimum absolute atomic E-state index is 0.0157. The van der Waals surface area contributed by atoms with Crippen LogP contribution in [0.5, 0.6) is 0 Å². The van der Waals surface area contributed by atoms with Gasteiger partial charge < -0.3 is 5.32 Å². The highest BCUT2D eigenvalue weighted by molar-refractivity contribution is 7.11. The van der Waals surface area contributed by atoms with Gasteiger partial charge in [-0.15, -0.1) is 24.5 Å². The van der Waals surface area contributed by atoms with Gasteiger partial charge in [-0.05, 0) is 20.8 Å². The molecular formula is C10H15F3N2OS. The Labute approximate surface area is 102 Å². The van der Waals surface area contributed by atoms with Crippen LogP contribution in [0.15, 0.2) is 0 Å². The zero-order valence-electron chi connectivity index (χ0n) is 9.89. The summed E-state index contributed by atoms with van der Waals surface area (Å²) >= 11 is 1.55. The van der Waals surface area contributed by atoms with Crippen molar-refractivity contribution in [3.63, 3.8) is 0 Å². The molecule has 1 atom stereocenters. The number of aromatic nitrogens is 1. The topological polar surface area (TPSA) is 34.2 Å². The summed E-state index contributed by atoms with van der Waals surface area (Å²) < 4.78 is 38.8. The molecule has 3 nitrogen and oxygen atoms in total. The Hall–Kier alpha value is -0.660. The molecule has 0 amide bonds. The van der Waals surface area contributed by atoms with E-state index in [1.54, 1.807) is 11.3 Å². The van der Waals surface area contributed by atoms with Crippen LogP contribution in [0.25, 0.3) is 0 Å². The van der Waals surface area contributed by atoms with Crippen LogP contribution in [0.1, 0.15) is 28.5 Å². The van der Waals surface area contributed by atoms with Gasteiger partial charge in [0.1, 0.15) is 0 Å². The van der Waals surface area contributed by atoms with Crippen LogP contribution >= 0.6 is 11.3 Å². The lowest BCUT2D eigenvalue weighted by Gasteiger charge is -2.13. The summed E-state index contributed by atoms with van der Waals surface area (Å²) in [6, 6.07) is -0.0157. The number of nitrogens with zero attached hydrogens (tertiary/aromatic N) is 1. The maximum atomic E-state index is 11.7. The first-order valence-electron chi connectivity index (χ1n) is 5.17. The first kappa shape index (κ1) is 14.4. The molecule has 0 bridgehead atoms. The average molecular weight is 268 g/mol. The normalized spacial score (nSPS) is 14.0. The first-order chi connectivity index (χ1) is 7.79. The molecule has 1 heterocycles. The number of thiazole rings is 1. The van der Waals surface area contributed by atoms with E-state index in [1.807, 2.05) is 20.8 Å². The highest BCUT2D eigenvalue weighted by Crippen LogP contribution is 2.24. The molecule has 98 valence electrons. The highest BCUT2D eigenvalue weighted by Gasteiger charge is 2.28. The lowest BCUT2D eigenvalue weighted by atomic mass is 10.2. The highest BCUT2D eigenvalue weighted by atomic mass is 32.1. The second kappa shape index (κ2) is 5.79. The Morgan fingerprint density at radius 3 is 2.53 bits per heavy atom. The van der Waals surface area contributed by atoms with Gasteiger partial charge in [-0.25, -0.2) is 4.98 Å². The van der Waals surface area contributed by atoms with E-state index in [0.29, 0.717) is 0 Å². The second-order valence-corrected chi connectivity index (χ2v) is 4.89. The summed E-state index contributed by atoms with van der Waals surface area (Å²) in [5.74, 6) is 0. The van der Waals surface area contributed by atoms with Crippen LogP contribution in [-0.4, -0.2) is 24.5 Å². The fourth-order valence-corrected chi connectivity index (χ4v) is 2.44. The van der Waals surface area contributed by atoms with E-state index < -0.39 is 6.36 Å². The van der Waals surface area contributed by atoms with Gasteiger partial charge in [-0.3, -0.25) is 4.74 Å². The van der Waals surface area contributed by atoms with Gasteiger partial charge in [0.15, 0.2) is 0 Å². The number of ether oxygens (including phenoxy) is 1. The number of alkyl halides is 3. The van der Waals surface area contributed by atoms with E-state index >= 15 is 0 Å². The molecule has 0 radical (unpaired) electrons. The average Bonchev–Trinajstić information content (AvgIpc) is 2.51. The third-order valence-corrected chi connectivity index (χ3v) is 3.41. The molecule has 0 spiro atoms. The zero-order chi connectivity index (χ0) is 13.1. The Bertz CT molecular complexity index is 365. The van der Waals surface area contributed by atoms with Gasteiger partial charge in [-0.2, -0.15) is 0 Å². The maximum Gasteiger partial charge on any atom is 0.522 e. The Morgan fingerprint density at radius 1 is 1.41 bits per heavy atom. The van der Waals surface area contributed by atoms with Crippen LogP contribution in [0, 0.1) is 13.8 Å². The lowest BCUT2D eigenvalue weighted by Crippen LogP contribution is -2.26. The van der Waals surface area contributed by atoms with E-state index in [9.17, 15) is 13.2 Å². The van der Waals surface area contributed by atoms with Gasteiger partial charge in [0.2, 0.25) is 0 Å². The summed E-state index contributed by atoms with van der Waals surface area (Å²) in [5.41, 5.74) is 0.921. The van der Waals surface area contributed by atoms with Crippen LogP contribution in [0.3, 0.4) is 0 Å². The van der Waals surface area contributed by atoms with Crippen LogP contribution < -0.4 is 5.32 Å². The third kappa shape index (κ3) is 5.01. The van der Waals surface area contributed by atoms with E-state index in [0.717, 1.165) is 15.6 Å². The Morgan fingerprint density at radius 2 is 2.06 bits per heavy atom. The van der Waals surface area contributed by atoms with Crippen molar-refractivity contribution in [1.82, 2.24) is 10.3 Å². The van der Waals surface area contributed by atoms with Gasteiger partial charge >= 0.3 is 6.36 Å². The van der Waals surface area contributed by atoms with Gasteiger partial charge in [0.05, 0.1) is 17.3 Å². The molecule has 0 aliphatic carbocycles. The van der Waals surface area contributed by atoms with Gasteiger partial charge in [0.25, 0.3) is 0 Å². The predicted molar refractivity (Wildman–Crippen MR) is 60.0 cm³/mol. The first-order valence-corrected chi connectivity index (χ1v) is 5.99. The van der Waals surface area contributed by atoms with E-state index in [4.69, 9.17) is 0 Å². The minimum atomic E-state index is -4.55. The number of nitrogens with one attached hydrogen (secondary N) is 1. The summed E-state index contributed by atoms with van der Waals surface area (Å²) in [7, 11) is 0. The molecule has 1 aromatic rings. The molecule has 1 unspecified atom stereocenters. The molecule has 17 heavy (non-hydrogen) atoms. The summed E-state index contributed by atoms with van der Waals surface area (Å²) in [6.45, 7) is 5.46. The molecule has 0 saturated heterocycles. The molecule has 1 aromatic heterocycles. The predicted octanol–water partition coefficient (Wildman–Crippen LogP) is 2.95. The van der Waals surface area contributed by atoms with Crippen molar-refractivity contribution < 1.29 is 17.9 Å². The van der Waals surface area contributed by atoms with Crippen molar-refractivity contribution in [1.29, 1.82) is 0 Å². The maximum absolute atomic E-state index is 11.7. The summed E-state index contributed by atoms with van der Waals surface area (Å²) in [4.78, 5) is 5.32. The van der Waals surface area contributed by atoms with Crippen LogP contribution in [0.2, 0.25) is 0 Å². The number of aryl methyl sites for hydroxylation is 2. The van der Waals surface area contributed by atoms with E-state index in [-0.39, 0.29) is 19.2 Å². The monoisotopic (exact) mass is 268 g/mol. The molecule has 1 N–H and O–H groups in total. The van der Waals surface area contributed by atoms with Crippen molar-refractivity contribution in [2.45, 2.75) is 33.2 Å². The molecule has 0 aliphatic rings. The minimum Gasteiger partial charge on any atom is -0.307 e. The second-order valence-electron chi connectivity index (χ2n) is 3.65. The number of hydrogen-bond donors (Lipinski definition) is 1. The fourth-order valence-electron chi connectivity index (χ4n) is 1.48. The van der Waals surface area contributed by atoms with Crippen molar-refractivity contribution in [2.24, 2.45) is 0 Å². The number of hydrogen-bond acceptors (Lipinski definition) is 4. The summed E-state index contributed by atoms with van der Waals surface area (Å²) in [6.07, 6.45) is -4.55. The Kier molecular flexibility index (Phi) is 4.91. The number of halogens is 3. The largest absolute Gasteiger partial charge is 0.522 e. The lowest BCUT2D eigenvalue weighted by molar-refractivity contribution is -0.323. The van der Waals surface area contributed by atoms with Crippen molar-refractivity contribution in [3.8, 4) is 0 Å². The smallest absolute Gasteiger partial charge is 0.307 e. The molecule has 0 saturated carbocycles. The van der Waals surface area contributed by atoms with E-state index in [1.165, 1.54) is 0 Å². The zero-order valence-corrected chi connectivity index (χ0v) is 10.7. The van der Waals surface area contributed by atoms with Crippen LogP contribution in [-0.2, 0) is 4.74 Å². The molecule has 1 rings (SSSR count). The quantitative estimate of drug-likeness (QED) is 0.834. The van der Waals surface area contributed by atoms with Crippen molar-refractivity contribution >= 4 is 11.3 Å². The van der Waals surface area contributed by atoms with Gasteiger partial charge in [-0.1, -0.05) is 0 Å². The molecule has 0 fully saturated rings.